The van der Waals surface area contributed by atoms with Crippen molar-refractivity contribution in [3.05, 3.63) is 24.3 Å². The molecule has 10 heteroatoms. The van der Waals surface area contributed by atoms with Crippen molar-refractivity contribution in [1.29, 1.82) is 0 Å². The van der Waals surface area contributed by atoms with Crippen LogP contribution in [0, 0.1) is 5.92 Å². The summed E-state index contributed by atoms with van der Waals surface area (Å²) in [6.07, 6.45) is 3.41. The number of urea groups is 1. The van der Waals surface area contributed by atoms with E-state index in [1.165, 1.54) is 12.1 Å². The van der Waals surface area contributed by atoms with Crippen molar-refractivity contribution in [3.8, 4) is 0 Å². The van der Waals surface area contributed by atoms with Gasteiger partial charge in [0, 0.05) is 11.4 Å². The molecule has 1 saturated carbocycles. The lowest BCUT2D eigenvalue weighted by Crippen LogP contribution is -2.49. The van der Waals surface area contributed by atoms with E-state index in [0.29, 0.717) is 36.6 Å². The Balaban J connectivity index is 1.58. The third-order valence-electron chi connectivity index (χ3n) is 5.59. The lowest BCUT2D eigenvalue weighted by atomic mass is 9.77. The van der Waals surface area contributed by atoms with E-state index in [4.69, 9.17) is 0 Å². The second kappa shape index (κ2) is 8.63. The predicted molar refractivity (Wildman–Crippen MR) is 113 cm³/mol. The highest BCUT2D eigenvalue weighted by Crippen LogP contribution is 2.36. The quantitative estimate of drug-likeness (QED) is 0.566. The van der Waals surface area contributed by atoms with Crippen molar-refractivity contribution in [1.82, 2.24) is 10.2 Å². The number of nitrogens with one attached hydrogen (secondary N) is 3. The molecule has 30 heavy (non-hydrogen) atoms. The molecule has 1 aromatic rings. The summed E-state index contributed by atoms with van der Waals surface area (Å²) in [6, 6.07) is 5.64. The van der Waals surface area contributed by atoms with Gasteiger partial charge in [0.25, 0.3) is 5.91 Å². The van der Waals surface area contributed by atoms with Gasteiger partial charge in [-0.2, -0.15) is 0 Å². The van der Waals surface area contributed by atoms with Crippen LogP contribution in [0.4, 0.5) is 16.2 Å². The predicted octanol–water partition coefficient (Wildman–Crippen LogP) is 2.28. The molecule has 0 unspecified atom stereocenters. The molecule has 4 amide bonds. The second-order valence-electron chi connectivity index (χ2n) is 8.13. The first-order valence-electron chi connectivity index (χ1n) is 10.2. The number of benzene rings is 1. The summed E-state index contributed by atoms with van der Waals surface area (Å²) in [4.78, 5) is 38.5. The maximum Gasteiger partial charge on any atom is 0.325 e. The molecule has 2 aliphatic rings. The zero-order valence-electron chi connectivity index (χ0n) is 17.2. The van der Waals surface area contributed by atoms with E-state index in [9.17, 15) is 22.8 Å². The summed E-state index contributed by atoms with van der Waals surface area (Å²) >= 11 is 0. The minimum Gasteiger partial charge on any atom is -0.325 e. The Hall–Kier alpha value is -2.62. The van der Waals surface area contributed by atoms with E-state index >= 15 is 0 Å². The molecule has 1 saturated heterocycles. The molecule has 1 aliphatic carbocycles. The molecular weight excluding hydrogens is 408 g/mol. The Morgan fingerprint density at radius 1 is 1.17 bits per heavy atom. The number of nitrogens with zero attached hydrogens (tertiary/aromatic N) is 1. The Morgan fingerprint density at radius 2 is 1.77 bits per heavy atom. The Labute approximate surface area is 176 Å². The molecule has 164 valence electrons. The van der Waals surface area contributed by atoms with Crippen LogP contribution in [-0.4, -0.2) is 49.0 Å². The van der Waals surface area contributed by atoms with Gasteiger partial charge in [-0.15, -0.1) is 0 Å². The molecule has 0 radical (unpaired) electrons. The first-order chi connectivity index (χ1) is 14.1. The Morgan fingerprint density at radius 3 is 2.37 bits per heavy atom. The fourth-order valence-electron chi connectivity index (χ4n) is 3.88. The standard InChI is InChI=1S/C20H28N4O5S/c1-3-12-30(28,29)23-16-6-4-15(5-7-16)21-17(25)13-24-18(26)20(22-19(24)27)10-8-14(2)9-11-20/h4-7,14,23H,3,8-13H2,1-2H3,(H,21,25)(H,22,27). The van der Waals surface area contributed by atoms with Gasteiger partial charge in [0.2, 0.25) is 15.9 Å². The third-order valence-corrected chi connectivity index (χ3v) is 7.08. The van der Waals surface area contributed by atoms with Crippen molar-refractivity contribution in [2.24, 2.45) is 5.92 Å². The van der Waals surface area contributed by atoms with Gasteiger partial charge < -0.3 is 10.6 Å². The SMILES string of the molecule is CCCS(=O)(=O)Nc1ccc(NC(=O)CN2C(=O)NC3(CCC(C)CC3)C2=O)cc1. The molecule has 1 heterocycles. The van der Waals surface area contributed by atoms with Crippen LogP contribution >= 0.6 is 0 Å². The van der Waals surface area contributed by atoms with E-state index in [2.05, 4.69) is 22.3 Å². The summed E-state index contributed by atoms with van der Waals surface area (Å²) in [6.45, 7) is 3.53. The second-order valence-corrected chi connectivity index (χ2v) is 9.97. The van der Waals surface area contributed by atoms with Crippen molar-refractivity contribution in [3.63, 3.8) is 0 Å². The van der Waals surface area contributed by atoms with Gasteiger partial charge in [0.1, 0.15) is 12.1 Å². The highest BCUT2D eigenvalue weighted by Gasteiger charge is 2.52. The smallest absolute Gasteiger partial charge is 0.325 e. The van der Waals surface area contributed by atoms with Crippen LogP contribution in [-0.2, 0) is 19.6 Å². The van der Waals surface area contributed by atoms with Crippen molar-refractivity contribution in [2.45, 2.75) is 51.5 Å². The van der Waals surface area contributed by atoms with Gasteiger partial charge in [0.15, 0.2) is 0 Å². The largest absolute Gasteiger partial charge is 0.325 e. The van der Waals surface area contributed by atoms with Crippen LogP contribution in [0.2, 0.25) is 0 Å². The number of rotatable bonds is 7. The number of amides is 4. The van der Waals surface area contributed by atoms with E-state index in [0.717, 1.165) is 17.7 Å². The maximum atomic E-state index is 12.8. The normalized spacial score (nSPS) is 24.1. The average Bonchev–Trinajstić information content (AvgIpc) is 2.90. The number of anilines is 2. The summed E-state index contributed by atoms with van der Waals surface area (Å²) in [7, 11) is -3.39. The molecule has 3 N–H and O–H groups in total. The fraction of sp³-hybridized carbons (Fsp3) is 0.550. The van der Waals surface area contributed by atoms with Gasteiger partial charge in [-0.05, 0) is 62.3 Å². The molecule has 2 fully saturated rings. The van der Waals surface area contributed by atoms with Gasteiger partial charge in [-0.1, -0.05) is 13.8 Å². The minimum absolute atomic E-state index is 0.0256. The Bertz CT molecular complexity index is 921. The van der Waals surface area contributed by atoms with Gasteiger partial charge in [-0.25, -0.2) is 13.2 Å². The number of hydrogen-bond acceptors (Lipinski definition) is 5. The molecule has 0 atom stereocenters. The fourth-order valence-corrected chi connectivity index (χ4v) is 5.01. The van der Waals surface area contributed by atoms with Crippen LogP contribution in [0.5, 0.6) is 0 Å². The highest BCUT2D eigenvalue weighted by atomic mass is 32.2. The summed E-state index contributed by atoms with van der Waals surface area (Å²) in [5.74, 6) is -0.293. The van der Waals surface area contributed by atoms with Gasteiger partial charge in [-0.3, -0.25) is 19.2 Å². The first-order valence-corrected chi connectivity index (χ1v) is 11.8. The van der Waals surface area contributed by atoms with Crippen LogP contribution in [0.25, 0.3) is 0 Å². The molecule has 9 nitrogen and oxygen atoms in total. The molecule has 3 rings (SSSR count). The van der Waals surface area contributed by atoms with Crippen molar-refractivity contribution in [2.75, 3.05) is 22.3 Å². The number of carbonyl (C=O) groups excluding carboxylic acids is 3. The van der Waals surface area contributed by atoms with E-state index in [-0.39, 0.29) is 18.2 Å². The van der Waals surface area contributed by atoms with Crippen LogP contribution < -0.4 is 15.4 Å². The van der Waals surface area contributed by atoms with Crippen molar-refractivity contribution >= 4 is 39.2 Å². The molecule has 0 aromatic heterocycles. The zero-order chi connectivity index (χ0) is 21.9. The maximum absolute atomic E-state index is 12.8. The molecule has 1 spiro atoms. The first kappa shape index (κ1) is 22.1. The molecule has 1 aromatic carbocycles. The molecular formula is C20H28N4O5S. The lowest BCUT2D eigenvalue weighted by molar-refractivity contribution is -0.135. The molecule has 0 bridgehead atoms. The summed E-state index contributed by atoms with van der Waals surface area (Å²) in [5.41, 5.74) is -0.0445. The van der Waals surface area contributed by atoms with E-state index < -0.39 is 27.5 Å². The Kier molecular flexibility index (Phi) is 6.35. The highest BCUT2D eigenvalue weighted by molar-refractivity contribution is 7.92. The monoisotopic (exact) mass is 436 g/mol. The summed E-state index contributed by atoms with van der Waals surface area (Å²) in [5, 5.41) is 5.42. The van der Waals surface area contributed by atoms with Gasteiger partial charge in [0.05, 0.1) is 5.75 Å². The van der Waals surface area contributed by atoms with E-state index in [1.807, 2.05) is 0 Å². The number of imide groups is 1. The number of carbonyl (C=O) groups is 3. The van der Waals surface area contributed by atoms with Crippen LogP contribution in [0.3, 0.4) is 0 Å². The van der Waals surface area contributed by atoms with Crippen LogP contribution in [0.15, 0.2) is 24.3 Å². The van der Waals surface area contributed by atoms with Crippen LogP contribution in [0.1, 0.15) is 46.0 Å². The topological polar surface area (TPSA) is 125 Å². The number of sulfonamides is 1. The number of hydrogen-bond donors (Lipinski definition) is 3. The third kappa shape index (κ3) is 4.92. The van der Waals surface area contributed by atoms with Gasteiger partial charge >= 0.3 is 6.03 Å². The van der Waals surface area contributed by atoms with E-state index in [1.54, 1.807) is 19.1 Å². The lowest BCUT2D eigenvalue weighted by Gasteiger charge is -2.33. The average molecular weight is 437 g/mol. The summed E-state index contributed by atoms with van der Waals surface area (Å²) < 4.78 is 26.1. The minimum atomic E-state index is -3.39. The molecule has 1 aliphatic heterocycles. The zero-order valence-corrected chi connectivity index (χ0v) is 18.0. The van der Waals surface area contributed by atoms with Crippen molar-refractivity contribution < 1.29 is 22.8 Å².